The number of aromatic nitrogens is 1. The standard InChI is InChI=1S/C17H15ClF3N3O2/c1-2-24(16(26)11-6-5-9-22-15(11)18)10-14(25)23-13-8-4-3-7-12(13)17(19,20)21/h3-9H,2,10H2,1H3,(H,23,25). The molecule has 2 aromatic rings. The normalized spacial score (nSPS) is 11.1. The number of anilines is 1. The molecule has 1 N–H and O–H groups in total. The molecule has 0 spiro atoms. The summed E-state index contributed by atoms with van der Waals surface area (Å²) in [5.74, 6) is -1.29. The largest absolute Gasteiger partial charge is 0.418 e. The van der Waals surface area contributed by atoms with Gasteiger partial charge in [0.05, 0.1) is 16.8 Å². The van der Waals surface area contributed by atoms with Gasteiger partial charge in [0.15, 0.2) is 0 Å². The molecule has 0 radical (unpaired) electrons. The molecule has 0 unspecified atom stereocenters. The minimum atomic E-state index is -4.60. The van der Waals surface area contributed by atoms with E-state index in [1.54, 1.807) is 6.92 Å². The first-order chi connectivity index (χ1) is 12.2. The van der Waals surface area contributed by atoms with E-state index in [0.717, 1.165) is 17.0 Å². The predicted molar refractivity (Wildman–Crippen MR) is 90.9 cm³/mol. The van der Waals surface area contributed by atoms with Crippen LogP contribution in [0.5, 0.6) is 0 Å². The summed E-state index contributed by atoms with van der Waals surface area (Å²) < 4.78 is 39.0. The number of halogens is 4. The van der Waals surface area contributed by atoms with Gasteiger partial charge in [0.2, 0.25) is 5.91 Å². The molecule has 9 heteroatoms. The molecule has 5 nitrogen and oxygen atoms in total. The highest BCUT2D eigenvalue weighted by Gasteiger charge is 2.33. The lowest BCUT2D eigenvalue weighted by molar-refractivity contribution is -0.137. The van der Waals surface area contributed by atoms with E-state index in [4.69, 9.17) is 11.6 Å². The quantitative estimate of drug-likeness (QED) is 0.795. The highest BCUT2D eigenvalue weighted by molar-refractivity contribution is 6.32. The summed E-state index contributed by atoms with van der Waals surface area (Å²) in [5, 5.41) is 2.19. The van der Waals surface area contributed by atoms with Crippen molar-refractivity contribution in [3.8, 4) is 0 Å². The number of benzene rings is 1. The van der Waals surface area contributed by atoms with Gasteiger partial charge < -0.3 is 10.2 Å². The number of rotatable bonds is 5. The van der Waals surface area contributed by atoms with E-state index in [-0.39, 0.29) is 22.9 Å². The molecule has 1 aromatic carbocycles. The van der Waals surface area contributed by atoms with Crippen molar-refractivity contribution in [3.05, 3.63) is 58.9 Å². The van der Waals surface area contributed by atoms with E-state index < -0.39 is 30.1 Å². The zero-order chi connectivity index (χ0) is 19.3. The molecule has 0 saturated carbocycles. The van der Waals surface area contributed by atoms with Gasteiger partial charge in [0, 0.05) is 12.7 Å². The Morgan fingerprint density at radius 2 is 1.88 bits per heavy atom. The van der Waals surface area contributed by atoms with Crippen LogP contribution in [0.15, 0.2) is 42.6 Å². The van der Waals surface area contributed by atoms with Crippen molar-refractivity contribution in [3.63, 3.8) is 0 Å². The highest BCUT2D eigenvalue weighted by Crippen LogP contribution is 2.34. The molecule has 0 aliphatic carbocycles. The van der Waals surface area contributed by atoms with Crippen molar-refractivity contribution >= 4 is 29.1 Å². The first-order valence-electron chi connectivity index (χ1n) is 7.60. The third-order valence-corrected chi connectivity index (χ3v) is 3.80. The molecule has 26 heavy (non-hydrogen) atoms. The number of para-hydroxylation sites is 1. The number of carbonyl (C=O) groups excluding carboxylic acids is 2. The van der Waals surface area contributed by atoms with Crippen molar-refractivity contribution in [2.24, 2.45) is 0 Å². The maximum absolute atomic E-state index is 13.0. The summed E-state index contributed by atoms with van der Waals surface area (Å²) in [7, 11) is 0. The van der Waals surface area contributed by atoms with Crippen LogP contribution in [-0.2, 0) is 11.0 Å². The zero-order valence-corrected chi connectivity index (χ0v) is 14.4. The van der Waals surface area contributed by atoms with Gasteiger partial charge in [-0.25, -0.2) is 4.98 Å². The van der Waals surface area contributed by atoms with Gasteiger partial charge in [-0.2, -0.15) is 13.2 Å². The minimum Gasteiger partial charge on any atom is -0.330 e. The number of nitrogens with one attached hydrogen (secondary N) is 1. The lowest BCUT2D eigenvalue weighted by Crippen LogP contribution is -2.38. The van der Waals surface area contributed by atoms with Crippen LogP contribution in [0, 0.1) is 0 Å². The van der Waals surface area contributed by atoms with Crippen LogP contribution in [0.2, 0.25) is 5.15 Å². The smallest absolute Gasteiger partial charge is 0.330 e. The Bertz CT molecular complexity index is 812. The van der Waals surface area contributed by atoms with Crippen molar-refractivity contribution < 1.29 is 22.8 Å². The number of nitrogens with zero attached hydrogens (tertiary/aromatic N) is 2. The molecule has 2 amide bonds. The molecule has 0 fully saturated rings. The number of amides is 2. The van der Waals surface area contributed by atoms with Crippen LogP contribution in [0.4, 0.5) is 18.9 Å². The van der Waals surface area contributed by atoms with Crippen LogP contribution >= 0.6 is 11.6 Å². The predicted octanol–water partition coefficient (Wildman–Crippen LogP) is 3.85. The van der Waals surface area contributed by atoms with E-state index in [0.29, 0.717) is 0 Å². The second-order valence-electron chi connectivity index (χ2n) is 5.25. The Hall–Kier alpha value is -2.61. The van der Waals surface area contributed by atoms with Crippen LogP contribution in [0.3, 0.4) is 0 Å². The first kappa shape index (κ1) is 19.7. The Kier molecular flexibility index (Phi) is 6.20. The minimum absolute atomic E-state index is 0.0150. The first-order valence-corrected chi connectivity index (χ1v) is 7.97. The van der Waals surface area contributed by atoms with E-state index in [1.807, 2.05) is 0 Å². The van der Waals surface area contributed by atoms with Gasteiger partial charge >= 0.3 is 6.18 Å². The van der Waals surface area contributed by atoms with E-state index in [2.05, 4.69) is 10.3 Å². The van der Waals surface area contributed by atoms with Crippen molar-refractivity contribution in [2.75, 3.05) is 18.4 Å². The summed E-state index contributed by atoms with van der Waals surface area (Å²) in [6, 6.07) is 7.60. The Balaban J connectivity index is 2.14. The maximum Gasteiger partial charge on any atom is 0.418 e. The molecule has 0 atom stereocenters. The van der Waals surface area contributed by atoms with Crippen LogP contribution in [0.25, 0.3) is 0 Å². The SMILES string of the molecule is CCN(CC(=O)Nc1ccccc1C(F)(F)F)C(=O)c1cccnc1Cl. The second kappa shape index (κ2) is 8.18. The monoisotopic (exact) mass is 385 g/mol. The van der Waals surface area contributed by atoms with Crippen LogP contribution in [0.1, 0.15) is 22.8 Å². The average Bonchev–Trinajstić information content (AvgIpc) is 2.59. The van der Waals surface area contributed by atoms with Gasteiger partial charge in [0.1, 0.15) is 11.7 Å². The maximum atomic E-state index is 13.0. The molecule has 0 aliphatic heterocycles. The van der Waals surface area contributed by atoms with Gasteiger partial charge in [-0.15, -0.1) is 0 Å². The Morgan fingerprint density at radius 1 is 1.19 bits per heavy atom. The number of alkyl halides is 3. The summed E-state index contributed by atoms with van der Waals surface area (Å²) in [6.45, 7) is 1.38. The fraction of sp³-hybridized carbons (Fsp3) is 0.235. The summed E-state index contributed by atoms with van der Waals surface area (Å²) >= 11 is 5.87. The third-order valence-electron chi connectivity index (χ3n) is 3.50. The van der Waals surface area contributed by atoms with E-state index >= 15 is 0 Å². The fourth-order valence-corrected chi connectivity index (χ4v) is 2.45. The van der Waals surface area contributed by atoms with Crippen LogP contribution < -0.4 is 5.32 Å². The number of likely N-dealkylation sites (N-methyl/N-ethyl adjacent to an activating group) is 1. The topological polar surface area (TPSA) is 62.3 Å². The van der Waals surface area contributed by atoms with Gasteiger partial charge in [-0.05, 0) is 31.2 Å². The molecule has 1 aromatic heterocycles. The zero-order valence-electron chi connectivity index (χ0n) is 13.7. The summed E-state index contributed by atoms with van der Waals surface area (Å²) in [5.41, 5.74) is -1.22. The Morgan fingerprint density at radius 3 is 2.50 bits per heavy atom. The van der Waals surface area contributed by atoms with Crippen molar-refractivity contribution in [1.82, 2.24) is 9.88 Å². The Labute approximate surface area is 152 Å². The lowest BCUT2D eigenvalue weighted by Gasteiger charge is -2.21. The lowest BCUT2D eigenvalue weighted by atomic mass is 10.1. The molecule has 2 rings (SSSR count). The molecular weight excluding hydrogens is 371 g/mol. The van der Waals surface area contributed by atoms with E-state index in [1.165, 1.54) is 30.5 Å². The van der Waals surface area contributed by atoms with Gasteiger partial charge in [-0.3, -0.25) is 9.59 Å². The molecular formula is C17H15ClF3N3O2. The number of carbonyl (C=O) groups is 2. The summed E-state index contributed by atoms with van der Waals surface area (Å²) in [4.78, 5) is 29.6. The number of pyridine rings is 1. The van der Waals surface area contributed by atoms with E-state index in [9.17, 15) is 22.8 Å². The number of hydrogen-bond donors (Lipinski definition) is 1. The third kappa shape index (κ3) is 4.72. The van der Waals surface area contributed by atoms with Crippen LogP contribution in [-0.4, -0.2) is 34.8 Å². The molecule has 0 saturated heterocycles. The number of hydrogen-bond acceptors (Lipinski definition) is 3. The molecule has 0 bridgehead atoms. The molecule has 0 aliphatic rings. The second-order valence-corrected chi connectivity index (χ2v) is 5.61. The van der Waals surface area contributed by atoms with Crippen molar-refractivity contribution in [2.45, 2.75) is 13.1 Å². The van der Waals surface area contributed by atoms with Crippen molar-refractivity contribution in [1.29, 1.82) is 0 Å². The van der Waals surface area contributed by atoms with Gasteiger partial charge in [0.25, 0.3) is 5.91 Å². The summed E-state index contributed by atoms with van der Waals surface area (Å²) in [6.07, 6.45) is -3.19. The average molecular weight is 386 g/mol. The molecule has 1 heterocycles. The molecule has 138 valence electrons. The fourth-order valence-electron chi connectivity index (χ4n) is 2.25. The highest BCUT2D eigenvalue weighted by atomic mass is 35.5. The van der Waals surface area contributed by atoms with Gasteiger partial charge in [-0.1, -0.05) is 23.7 Å².